The number of benzene rings is 1. The minimum absolute atomic E-state index is 0.0134. The highest BCUT2D eigenvalue weighted by Gasteiger charge is 2.26. The number of aryl methyl sites for hydroxylation is 2. The molecule has 2 aromatic heterocycles. The van der Waals surface area contributed by atoms with Crippen LogP contribution in [0.2, 0.25) is 5.02 Å². The van der Waals surface area contributed by atoms with Crippen LogP contribution in [0.4, 0.5) is 5.69 Å². The molecule has 11 heteroatoms. The van der Waals surface area contributed by atoms with E-state index in [4.69, 9.17) is 16.3 Å². The summed E-state index contributed by atoms with van der Waals surface area (Å²) >= 11 is 7.30. The van der Waals surface area contributed by atoms with Crippen LogP contribution in [0.25, 0.3) is 10.7 Å². The Morgan fingerprint density at radius 2 is 1.97 bits per heavy atom. The summed E-state index contributed by atoms with van der Waals surface area (Å²) in [5, 5.41) is 0.972. The molecule has 4 rings (SSSR count). The zero-order valence-electron chi connectivity index (χ0n) is 17.9. The van der Waals surface area contributed by atoms with Crippen molar-refractivity contribution in [2.45, 2.75) is 24.7 Å². The molecule has 32 heavy (non-hydrogen) atoms. The Bertz CT molecular complexity index is 1280. The largest absolute Gasteiger partial charge is 0.495 e. The van der Waals surface area contributed by atoms with E-state index < -0.39 is 10.0 Å². The van der Waals surface area contributed by atoms with Crippen LogP contribution in [0.1, 0.15) is 28.2 Å². The fourth-order valence-corrected chi connectivity index (χ4v) is 6.02. The van der Waals surface area contributed by atoms with Crippen molar-refractivity contribution in [3.63, 3.8) is 0 Å². The van der Waals surface area contributed by atoms with Gasteiger partial charge in [-0.05, 0) is 44.0 Å². The van der Waals surface area contributed by atoms with Gasteiger partial charge in [0.2, 0.25) is 0 Å². The van der Waals surface area contributed by atoms with E-state index in [0.29, 0.717) is 32.0 Å². The van der Waals surface area contributed by atoms with Gasteiger partial charge in [0, 0.05) is 31.4 Å². The zero-order valence-corrected chi connectivity index (χ0v) is 20.3. The summed E-state index contributed by atoms with van der Waals surface area (Å²) in [6.07, 6.45) is 3.53. The Kier molecular flexibility index (Phi) is 6.19. The van der Waals surface area contributed by atoms with Gasteiger partial charge in [-0.3, -0.25) is 9.52 Å². The van der Waals surface area contributed by atoms with Crippen molar-refractivity contribution in [1.82, 2.24) is 14.5 Å². The highest BCUT2D eigenvalue weighted by molar-refractivity contribution is 7.92. The number of amides is 1. The van der Waals surface area contributed by atoms with Gasteiger partial charge in [0.25, 0.3) is 15.9 Å². The average molecular weight is 495 g/mol. The summed E-state index contributed by atoms with van der Waals surface area (Å²) < 4.78 is 35.5. The summed E-state index contributed by atoms with van der Waals surface area (Å²) in [5.74, 6) is 0.343. The van der Waals surface area contributed by atoms with Crippen molar-refractivity contribution in [1.29, 1.82) is 0 Å². The first-order valence-electron chi connectivity index (χ1n) is 9.99. The van der Waals surface area contributed by atoms with Gasteiger partial charge in [0.05, 0.1) is 24.2 Å². The number of carbonyl (C=O) groups is 1. The summed E-state index contributed by atoms with van der Waals surface area (Å²) in [6, 6.07) is 6.24. The van der Waals surface area contributed by atoms with Gasteiger partial charge in [-0.25, -0.2) is 13.4 Å². The number of aromatic nitrogens is 2. The van der Waals surface area contributed by atoms with Crippen LogP contribution < -0.4 is 9.46 Å². The molecule has 0 atom stereocenters. The molecular formula is C21H23ClN4O4S2. The zero-order chi connectivity index (χ0) is 23.0. The lowest BCUT2D eigenvalue weighted by Gasteiger charge is -2.13. The Labute approximate surface area is 195 Å². The van der Waals surface area contributed by atoms with Crippen molar-refractivity contribution in [2.75, 3.05) is 24.9 Å². The lowest BCUT2D eigenvalue weighted by molar-refractivity contribution is 0.0796. The molecule has 3 aromatic rings. The number of sulfonamides is 1. The number of likely N-dealkylation sites (tertiary alicyclic amines) is 1. The molecule has 1 aliphatic rings. The number of thiazole rings is 1. The van der Waals surface area contributed by atoms with Crippen LogP contribution in [0.3, 0.4) is 0 Å². The van der Waals surface area contributed by atoms with E-state index in [2.05, 4.69) is 9.71 Å². The summed E-state index contributed by atoms with van der Waals surface area (Å²) in [5.41, 5.74) is 1.50. The van der Waals surface area contributed by atoms with Crippen LogP contribution >= 0.6 is 22.9 Å². The smallest absolute Gasteiger partial charge is 0.265 e. The average Bonchev–Trinajstić information content (AvgIpc) is 3.47. The number of halogens is 1. The molecule has 0 saturated carbocycles. The third-order valence-corrected chi connectivity index (χ3v) is 8.03. The Hall–Kier alpha value is -2.56. The lowest BCUT2D eigenvalue weighted by atomic mass is 10.3. The third kappa shape index (κ3) is 4.35. The molecule has 1 amide bonds. The highest BCUT2D eigenvalue weighted by Crippen LogP contribution is 2.33. The molecular weight excluding hydrogens is 472 g/mol. The standard InChI is InChI=1S/C21H23ClN4O4S2/c1-13-19(21(27)26-8-4-5-9-26)31-20(23-13)17-11-15(12-25(17)2)32(28,29)24-16-10-14(22)6-7-18(16)30-3/h6-7,10-12,24H,4-5,8-9H2,1-3H3. The molecule has 1 aliphatic heterocycles. The highest BCUT2D eigenvalue weighted by atomic mass is 35.5. The van der Waals surface area contributed by atoms with E-state index in [1.807, 2.05) is 4.90 Å². The van der Waals surface area contributed by atoms with Crippen molar-refractivity contribution >= 4 is 44.6 Å². The van der Waals surface area contributed by atoms with E-state index in [-0.39, 0.29) is 16.5 Å². The van der Waals surface area contributed by atoms with E-state index >= 15 is 0 Å². The molecule has 0 aliphatic carbocycles. The van der Waals surface area contributed by atoms with Crippen molar-refractivity contribution in [3.05, 3.63) is 46.1 Å². The summed E-state index contributed by atoms with van der Waals surface area (Å²) in [7, 11) is -0.718. The van der Waals surface area contributed by atoms with Gasteiger partial charge in [-0.15, -0.1) is 11.3 Å². The SMILES string of the molecule is COc1ccc(Cl)cc1NS(=O)(=O)c1cc(-c2nc(C)c(C(=O)N3CCCC3)s2)n(C)c1. The second kappa shape index (κ2) is 8.76. The molecule has 170 valence electrons. The number of ether oxygens (including phenoxy) is 1. The van der Waals surface area contributed by atoms with E-state index in [9.17, 15) is 13.2 Å². The number of nitrogens with zero attached hydrogens (tertiary/aromatic N) is 3. The quantitative estimate of drug-likeness (QED) is 0.555. The lowest BCUT2D eigenvalue weighted by Crippen LogP contribution is -2.27. The number of hydrogen-bond acceptors (Lipinski definition) is 6. The van der Waals surface area contributed by atoms with Gasteiger partial charge < -0.3 is 14.2 Å². The maximum absolute atomic E-state index is 13.0. The molecule has 8 nitrogen and oxygen atoms in total. The molecule has 0 unspecified atom stereocenters. The van der Waals surface area contributed by atoms with E-state index in [0.717, 1.165) is 25.9 Å². The summed E-state index contributed by atoms with van der Waals surface area (Å²) in [4.78, 5) is 19.9. The van der Waals surface area contributed by atoms with Gasteiger partial charge in [-0.2, -0.15) is 0 Å². The maximum atomic E-state index is 13.0. The van der Waals surface area contributed by atoms with E-state index in [1.54, 1.807) is 36.7 Å². The molecule has 0 spiro atoms. The Morgan fingerprint density at radius 3 is 2.66 bits per heavy atom. The Morgan fingerprint density at radius 1 is 1.25 bits per heavy atom. The molecule has 3 heterocycles. The first-order valence-corrected chi connectivity index (χ1v) is 12.7. The predicted molar refractivity (Wildman–Crippen MR) is 125 cm³/mol. The fourth-order valence-electron chi connectivity index (χ4n) is 3.63. The first-order chi connectivity index (χ1) is 15.2. The third-order valence-electron chi connectivity index (χ3n) is 5.30. The number of carbonyl (C=O) groups excluding carboxylic acids is 1. The normalized spacial score (nSPS) is 14.1. The minimum Gasteiger partial charge on any atom is -0.495 e. The van der Waals surface area contributed by atoms with Crippen LogP contribution in [-0.4, -0.2) is 49.0 Å². The predicted octanol–water partition coefficient (Wildman–Crippen LogP) is 4.16. The van der Waals surface area contributed by atoms with Gasteiger partial charge in [0.15, 0.2) is 0 Å². The van der Waals surface area contributed by atoms with Crippen molar-refractivity contribution in [2.24, 2.45) is 7.05 Å². The van der Waals surface area contributed by atoms with Gasteiger partial charge in [0.1, 0.15) is 20.5 Å². The van der Waals surface area contributed by atoms with Crippen molar-refractivity contribution in [3.8, 4) is 16.5 Å². The molecule has 0 bridgehead atoms. The van der Waals surface area contributed by atoms with Gasteiger partial charge >= 0.3 is 0 Å². The maximum Gasteiger partial charge on any atom is 0.265 e. The second-order valence-corrected chi connectivity index (χ2v) is 10.7. The van der Waals surface area contributed by atoms with Crippen LogP contribution in [0.15, 0.2) is 35.4 Å². The van der Waals surface area contributed by atoms with Gasteiger partial charge in [-0.1, -0.05) is 11.6 Å². The summed E-state index contributed by atoms with van der Waals surface area (Å²) in [6.45, 7) is 3.32. The fraction of sp³-hybridized carbons (Fsp3) is 0.333. The molecule has 0 radical (unpaired) electrons. The minimum atomic E-state index is -3.91. The molecule has 1 saturated heterocycles. The van der Waals surface area contributed by atoms with Crippen LogP contribution in [-0.2, 0) is 17.1 Å². The molecule has 1 aromatic carbocycles. The Balaban J connectivity index is 1.64. The number of nitrogens with one attached hydrogen (secondary N) is 1. The van der Waals surface area contributed by atoms with Crippen LogP contribution in [0, 0.1) is 6.92 Å². The topological polar surface area (TPSA) is 93.5 Å². The number of anilines is 1. The second-order valence-electron chi connectivity index (χ2n) is 7.55. The number of rotatable bonds is 6. The van der Waals surface area contributed by atoms with E-state index in [1.165, 1.54) is 30.7 Å². The first kappa shape index (κ1) is 22.6. The molecule has 1 N–H and O–H groups in total. The monoisotopic (exact) mass is 494 g/mol. The number of hydrogen-bond donors (Lipinski definition) is 1. The molecule has 1 fully saturated rings. The van der Waals surface area contributed by atoms with Crippen molar-refractivity contribution < 1.29 is 17.9 Å². The number of methoxy groups -OCH3 is 1. The van der Waals surface area contributed by atoms with Crippen LogP contribution in [0.5, 0.6) is 5.75 Å².